The minimum absolute atomic E-state index is 0. The van der Waals surface area contributed by atoms with E-state index in [2.05, 4.69) is 15.2 Å². The SMILES string of the molecule is CC(C)OC(=O)C(C)(C)Oc1ccc(C(=O)c2ccc(Cl)cc2)cc1.Cl.Nc1ccc(N=Nc2ccccc2)c(N)n1. The molecule has 11 heteroatoms. The number of anilines is 2. The highest BCUT2D eigenvalue weighted by Gasteiger charge is 2.32. The normalized spacial score (nSPS) is 10.8. The first kappa shape index (κ1) is 33.7. The Bertz CT molecular complexity index is 1490. The summed E-state index contributed by atoms with van der Waals surface area (Å²) >= 11 is 5.84. The Balaban J connectivity index is 0.000000313. The molecule has 0 aliphatic rings. The number of aromatic nitrogens is 1. The Morgan fingerprint density at radius 3 is 1.95 bits per heavy atom. The second kappa shape index (κ2) is 15.5. The lowest BCUT2D eigenvalue weighted by molar-refractivity contribution is -0.163. The molecule has 1 heterocycles. The van der Waals surface area contributed by atoms with E-state index < -0.39 is 11.6 Å². The molecule has 4 aromatic rings. The number of benzene rings is 3. The molecule has 42 heavy (non-hydrogen) atoms. The van der Waals surface area contributed by atoms with Crippen molar-refractivity contribution >= 4 is 58.8 Å². The van der Waals surface area contributed by atoms with E-state index in [0.717, 1.165) is 5.69 Å². The van der Waals surface area contributed by atoms with Gasteiger partial charge in [-0.05, 0) is 100 Å². The number of hydrogen-bond donors (Lipinski definition) is 2. The van der Waals surface area contributed by atoms with E-state index in [0.29, 0.717) is 33.4 Å². The van der Waals surface area contributed by atoms with E-state index in [-0.39, 0.29) is 30.1 Å². The number of carbonyl (C=O) groups is 2. The summed E-state index contributed by atoms with van der Waals surface area (Å²) in [4.78, 5) is 28.4. The van der Waals surface area contributed by atoms with Crippen LogP contribution in [0.15, 0.2) is 101 Å². The summed E-state index contributed by atoms with van der Waals surface area (Å²) in [5.74, 6) is 0.583. The number of esters is 1. The second-order valence-corrected chi connectivity index (χ2v) is 10.0. The molecule has 0 spiro atoms. The molecule has 0 saturated heterocycles. The van der Waals surface area contributed by atoms with Crippen LogP contribution in [0, 0.1) is 0 Å². The summed E-state index contributed by atoms with van der Waals surface area (Å²) in [5.41, 5.74) is 12.3. The summed E-state index contributed by atoms with van der Waals surface area (Å²) in [6.45, 7) is 6.85. The predicted molar refractivity (Wildman–Crippen MR) is 168 cm³/mol. The third-order valence-corrected chi connectivity index (χ3v) is 5.64. The number of nitrogens with two attached hydrogens (primary N) is 2. The summed E-state index contributed by atoms with van der Waals surface area (Å²) in [6.07, 6.45) is -0.213. The van der Waals surface area contributed by atoms with Crippen LogP contribution in [-0.2, 0) is 9.53 Å². The lowest BCUT2D eigenvalue weighted by Gasteiger charge is -2.25. The van der Waals surface area contributed by atoms with Gasteiger partial charge >= 0.3 is 5.97 Å². The number of azo groups is 1. The number of nitrogen functional groups attached to an aromatic ring is 2. The van der Waals surface area contributed by atoms with Crippen LogP contribution in [0.5, 0.6) is 5.75 Å². The van der Waals surface area contributed by atoms with Gasteiger partial charge in [0.2, 0.25) is 0 Å². The van der Waals surface area contributed by atoms with Gasteiger partial charge in [-0.2, -0.15) is 5.11 Å². The van der Waals surface area contributed by atoms with Crippen molar-refractivity contribution in [1.29, 1.82) is 0 Å². The maximum Gasteiger partial charge on any atom is 0.350 e. The highest BCUT2D eigenvalue weighted by molar-refractivity contribution is 6.30. The molecule has 0 atom stereocenters. The summed E-state index contributed by atoms with van der Waals surface area (Å²) in [7, 11) is 0. The summed E-state index contributed by atoms with van der Waals surface area (Å²) in [5, 5.41) is 8.61. The zero-order chi connectivity index (χ0) is 30.0. The third kappa shape index (κ3) is 10.2. The number of rotatable bonds is 8. The molecule has 220 valence electrons. The molecular weight excluding hydrogens is 577 g/mol. The van der Waals surface area contributed by atoms with Crippen LogP contribution in [0.1, 0.15) is 43.6 Å². The van der Waals surface area contributed by atoms with Crippen LogP contribution in [0.2, 0.25) is 5.02 Å². The standard InChI is InChI=1S/C20H21ClO4.C11H11N5.ClH/c1-13(2)24-19(23)20(3,4)25-17-11-7-15(8-12-17)18(22)14-5-9-16(21)10-6-14;12-10-7-6-9(11(13)14-10)16-15-8-4-2-1-3-5-8;/h5-13H,1-4H3;1-7H,(H4,12,13,14);1H. The van der Waals surface area contributed by atoms with Crippen molar-refractivity contribution < 1.29 is 19.1 Å². The number of hydrogen-bond acceptors (Lipinski definition) is 9. The van der Waals surface area contributed by atoms with Gasteiger partial charge in [0, 0.05) is 16.1 Å². The van der Waals surface area contributed by atoms with Crippen LogP contribution >= 0.6 is 24.0 Å². The first-order chi connectivity index (χ1) is 19.4. The smallest absolute Gasteiger partial charge is 0.350 e. The highest BCUT2D eigenvalue weighted by Crippen LogP contribution is 2.24. The van der Waals surface area contributed by atoms with Gasteiger partial charge in [-0.15, -0.1) is 17.5 Å². The van der Waals surface area contributed by atoms with Crippen molar-refractivity contribution in [3.05, 3.63) is 107 Å². The molecule has 0 aliphatic heterocycles. The lowest BCUT2D eigenvalue weighted by Crippen LogP contribution is -2.40. The molecule has 0 bridgehead atoms. The molecule has 3 aromatic carbocycles. The van der Waals surface area contributed by atoms with Gasteiger partial charge in [0.25, 0.3) is 0 Å². The average Bonchev–Trinajstić information content (AvgIpc) is 2.93. The molecule has 0 radical (unpaired) electrons. The fourth-order valence-corrected chi connectivity index (χ4v) is 3.43. The van der Waals surface area contributed by atoms with Crippen molar-refractivity contribution in [1.82, 2.24) is 4.98 Å². The Hall–Kier alpha value is -4.47. The molecule has 0 saturated carbocycles. The molecule has 4 rings (SSSR count). The molecule has 1 aromatic heterocycles. The zero-order valence-electron chi connectivity index (χ0n) is 23.7. The van der Waals surface area contributed by atoms with E-state index in [4.69, 9.17) is 32.5 Å². The van der Waals surface area contributed by atoms with Crippen molar-refractivity contribution in [2.24, 2.45) is 10.2 Å². The van der Waals surface area contributed by atoms with E-state index in [9.17, 15) is 9.59 Å². The fourth-order valence-electron chi connectivity index (χ4n) is 3.31. The topological polar surface area (TPSA) is 142 Å². The molecule has 0 fully saturated rings. The molecular formula is C31H33Cl2N5O4. The minimum Gasteiger partial charge on any atom is -0.476 e. The average molecular weight is 611 g/mol. The Kier molecular flexibility index (Phi) is 12.5. The number of nitrogens with zero attached hydrogens (tertiary/aromatic N) is 3. The fraction of sp³-hybridized carbons (Fsp3) is 0.194. The number of carbonyl (C=O) groups excluding carboxylic acids is 2. The Labute approximate surface area is 256 Å². The van der Waals surface area contributed by atoms with E-state index in [1.165, 1.54) is 0 Å². The van der Waals surface area contributed by atoms with Crippen LogP contribution < -0.4 is 16.2 Å². The Morgan fingerprint density at radius 2 is 1.40 bits per heavy atom. The van der Waals surface area contributed by atoms with Crippen LogP contribution in [-0.4, -0.2) is 28.4 Å². The van der Waals surface area contributed by atoms with Gasteiger partial charge in [-0.3, -0.25) is 4.79 Å². The van der Waals surface area contributed by atoms with Crippen molar-refractivity contribution in [2.75, 3.05) is 11.5 Å². The van der Waals surface area contributed by atoms with E-state index >= 15 is 0 Å². The Morgan fingerprint density at radius 1 is 0.833 bits per heavy atom. The maximum atomic E-state index is 12.4. The third-order valence-electron chi connectivity index (χ3n) is 5.38. The number of ketones is 1. The monoisotopic (exact) mass is 609 g/mol. The molecule has 0 amide bonds. The van der Waals surface area contributed by atoms with Crippen LogP contribution in [0.25, 0.3) is 0 Å². The molecule has 0 unspecified atom stereocenters. The van der Waals surface area contributed by atoms with Gasteiger partial charge in [-0.25, -0.2) is 9.78 Å². The summed E-state index contributed by atoms with van der Waals surface area (Å²) in [6, 6.07) is 26.1. The highest BCUT2D eigenvalue weighted by atomic mass is 35.5. The van der Waals surface area contributed by atoms with Crippen molar-refractivity contribution in [3.8, 4) is 5.75 Å². The molecule has 9 nitrogen and oxygen atoms in total. The van der Waals surface area contributed by atoms with Gasteiger partial charge in [0.05, 0.1) is 11.8 Å². The van der Waals surface area contributed by atoms with Gasteiger partial charge in [0.15, 0.2) is 17.2 Å². The van der Waals surface area contributed by atoms with Crippen LogP contribution in [0.3, 0.4) is 0 Å². The van der Waals surface area contributed by atoms with E-state index in [1.807, 2.05) is 30.3 Å². The number of halogens is 2. The van der Waals surface area contributed by atoms with Gasteiger partial charge in [-0.1, -0.05) is 29.8 Å². The van der Waals surface area contributed by atoms with Crippen LogP contribution in [0.4, 0.5) is 23.0 Å². The van der Waals surface area contributed by atoms with Crippen molar-refractivity contribution in [2.45, 2.75) is 39.4 Å². The number of ether oxygens (including phenoxy) is 2. The molecule has 0 aliphatic carbocycles. The second-order valence-electron chi connectivity index (χ2n) is 9.60. The van der Waals surface area contributed by atoms with E-state index in [1.54, 1.807) is 88.4 Å². The number of pyridine rings is 1. The molecule has 4 N–H and O–H groups in total. The first-order valence-corrected chi connectivity index (χ1v) is 13.1. The van der Waals surface area contributed by atoms with Gasteiger partial charge < -0.3 is 20.9 Å². The lowest BCUT2D eigenvalue weighted by atomic mass is 10.0. The summed E-state index contributed by atoms with van der Waals surface area (Å²) < 4.78 is 10.9. The minimum atomic E-state index is -1.12. The quantitative estimate of drug-likeness (QED) is 0.118. The first-order valence-electron chi connectivity index (χ1n) is 12.7. The maximum absolute atomic E-state index is 12.4. The largest absolute Gasteiger partial charge is 0.476 e. The zero-order valence-corrected chi connectivity index (χ0v) is 25.2. The van der Waals surface area contributed by atoms with Crippen molar-refractivity contribution in [3.63, 3.8) is 0 Å². The predicted octanol–water partition coefficient (Wildman–Crippen LogP) is 7.76. The van der Waals surface area contributed by atoms with Gasteiger partial charge in [0.1, 0.15) is 17.3 Å².